The number of aromatic amines is 1. The van der Waals surface area contributed by atoms with E-state index in [2.05, 4.69) is 4.98 Å². The van der Waals surface area contributed by atoms with E-state index in [0.717, 1.165) is 6.42 Å². The van der Waals surface area contributed by atoms with Crippen LogP contribution in [0.4, 0.5) is 4.39 Å². The van der Waals surface area contributed by atoms with E-state index >= 15 is 0 Å². The van der Waals surface area contributed by atoms with E-state index in [1.807, 2.05) is 6.92 Å². The second-order valence-electron chi connectivity index (χ2n) is 7.01. The van der Waals surface area contributed by atoms with E-state index in [-0.39, 0.29) is 29.7 Å². The van der Waals surface area contributed by atoms with Gasteiger partial charge in [0.1, 0.15) is 11.5 Å². The summed E-state index contributed by atoms with van der Waals surface area (Å²) >= 11 is 0. The highest BCUT2D eigenvalue weighted by molar-refractivity contribution is 5.95. The Balaban J connectivity index is 1.95. The van der Waals surface area contributed by atoms with Crippen molar-refractivity contribution in [3.8, 4) is 0 Å². The van der Waals surface area contributed by atoms with Gasteiger partial charge in [-0.15, -0.1) is 0 Å². The summed E-state index contributed by atoms with van der Waals surface area (Å²) in [5.41, 5.74) is -1.19. The van der Waals surface area contributed by atoms with Gasteiger partial charge in [-0.05, 0) is 25.0 Å². The zero-order valence-corrected chi connectivity index (χ0v) is 14.7. The van der Waals surface area contributed by atoms with Gasteiger partial charge in [0, 0.05) is 30.0 Å². The molecule has 1 aliphatic heterocycles. The Morgan fingerprint density at radius 1 is 1.46 bits per heavy atom. The van der Waals surface area contributed by atoms with Crippen molar-refractivity contribution in [2.24, 2.45) is 5.41 Å². The number of aliphatic hydroxyl groups is 2. The predicted molar refractivity (Wildman–Crippen MR) is 95.5 cm³/mol. The fraction of sp³-hybridized carbons (Fsp3) is 0.474. The maximum absolute atomic E-state index is 14.0. The Morgan fingerprint density at radius 2 is 2.23 bits per heavy atom. The van der Waals surface area contributed by atoms with E-state index < -0.39 is 28.7 Å². The lowest BCUT2D eigenvalue weighted by Crippen LogP contribution is -2.55. The molecule has 2 heterocycles. The van der Waals surface area contributed by atoms with Crippen LogP contribution >= 0.6 is 0 Å². The number of likely N-dealkylation sites (tertiary alicyclic amines) is 1. The second kappa shape index (κ2) is 7.17. The Hall–Kier alpha value is -2.25. The molecule has 0 aliphatic carbocycles. The van der Waals surface area contributed by atoms with Gasteiger partial charge in [0.15, 0.2) is 5.43 Å². The fourth-order valence-electron chi connectivity index (χ4n) is 3.82. The van der Waals surface area contributed by atoms with E-state index in [9.17, 15) is 24.2 Å². The number of carbonyl (C=O) groups is 1. The molecule has 1 aromatic carbocycles. The number of benzene rings is 1. The number of aromatic nitrogens is 1. The third-order valence-electron chi connectivity index (χ3n) is 5.28. The molecule has 0 spiro atoms. The van der Waals surface area contributed by atoms with Crippen LogP contribution in [0.5, 0.6) is 0 Å². The molecular weight excluding hydrogens is 339 g/mol. The molecule has 0 unspecified atom stereocenters. The summed E-state index contributed by atoms with van der Waals surface area (Å²) in [6.45, 7) is 2.22. The van der Waals surface area contributed by atoms with E-state index in [1.54, 1.807) is 0 Å². The Labute approximate surface area is 150 Å². The monoisotopic (exact) mass is 362 g/mol. The lowest BCUT2D eigenvalue weighted by Gasteiger charge is -2.45. The Bertz CT molecular complexity index is 881. The summed E-state index contributed by atoms with van der Waals surface area (Å²) in [5, 5.41) is 20.4. The summed E-state index contributed by atoms with van der Waals surface area (Å²) in [6.07, 6.45) is 0.998. The van der Waals surface area contributed by atoms with Gasteiger partial charge in [-0.2, -0.15) is 0 Å². The Kier molecular flexibility index (Phi) is 5.11. The van der Waals surface area contributed by atoms with Gasteiger partial charge in [0.25, 0.3) is 5.91 Å². The first-order chi connectivity index (χ1) is 12.4. The number of aliphatic hydroxyl groups excluding tert-OH is 2. The number of pyridine rings is 1. The van der Waals surface area contributed by atoms with Crippen LogP contribution in [0, 0.1) is 11.2 Å². The van der Waals surface area contributed by atoms with Gasteiger partial charge in [0.05, 0.1) is 18.2 Å². The minimum Gasteiger partial charge on any atom is -0.396 e. The Morgan fingerprint density at radius 3 is 2.92 bits per heavy atom. The van der Waals surface area contributed by atoms with Crippen molar-refractivity contribution in [1.82, 2.24) is 9.88 Å². The third-order valence-corrected chi connectivity index (χ3v) is 5.28. The van der Waals surface area contributed by atoms with Crippen LogP contribution in [0.2, 0.25) is 0 Å². The summed E-state index contributed by atoms with van der Waals surface area (Å²) in [7, 11) is 0. The SMILES string of the molecule is CCC[C@@]1(CO)CN(C(=O)c2cc(=O)c3cccc(F)c3[nH]2)CC[C@H]1O. The maximum atomic E-state index is 14.0. The summed E-state index contributed by atoms with van der Waals surface area (Å²) in [6, 6.07) is 5.35. The van der Waals surface area contributed by atoms with E-state index in [0.29, 0.717) is 19.4 Å². The topological polar surface area (TPSA) is 93.6 Å². The highest BCUT2D eigenvalue weighted by Gasteiger charge is 2.43. The summed E-state index contributed by atoms with van der Waals surface area (Å²) in [5.74, 6) is -1.04. The summed E-state index contributed by atoms with van der Waals surface area (Å²) in [4.78, 5) is 29.4. The van der Waals surface area contributed by atoms with Crippen molar-refractivity contribution in [2.75, 3.05) is 19.7 Å². The highest BCUT2D eigenvalue weighted by Crippen LogP contribution is 2.35. The standard InChI is InChI=1S/C19H23FN2O4/c1-2-7-19(11-23)10-22(8-6-16(19)25)18(26)14-9-15(24)12-4-3-5-13(20)17(12)21-14/h3-5,9,16,23,25H,2,6-8,10-11H2,1H3,(H,21,24)/t16-,19+/m1/s1. The number of rotatable bonds is 4. The van der Waals surface area contributed by atoms with Gasteiger partial charge in [-0.25, -0.2) is 4.39 Å². The number of nitrogens with one attached hydrogen (secondary N) is 1. The van der Waals surface area contributed by atoms with Crippen LogP contribution in [0.1, 0.15) is 36.7 Å². The number of nitrogens with zero attached hydrogens (tertiary/aromatic N) is 1. The molecule has 2 aromatic rings. The third kappa shape index (κ3) is 3.12. The minimum absolute atomic E-state index is 0.00220. The molecule has 1 aromatic heterocycles. The first-order valence-corrected chi connectivity index (χ1v) is 8.81. The molecule has 7 heteroatoms. The van der Waals surface area contributed by atoms with Gasteiger partial charge in [-0.3, -0.25) is 9.59 Å². The number of carbonyl (C=O) groups excluding carboxylic acids is 1. The molecular formula is C19H23FN2O4. The highest BCUT2D eigenvalue weighted by atomic mass is 19.1. The molecule has 6 nitrogen and oxygen atoms in total. The zero-order chi connectivity index (χ0) is 18.9. The molecule has 1 fully saturated rings. The van der Waals surface area contributed by atoms with Gasteiger partial charge in [-0.1, -0.05) is 19.4 Å². The van der Waals surface area contributed by atoms with Crippen molar-refractivity contribution in [1.29, 1.82) is 0 Å². The minimum atomic E-state index is -0.773. The van der Waals surface area contributed by atoms with Gasteiger partial charge >= 0.3 is 0 Å². The van der Waals surface area contributed by atoms with Crippen molar-refractivity contribution < 1.29 is 19.4 Å². The molecule has 1 amide bonds. The predicted octanol–water partition coefficient (Wildman–Crippen LogP) is 1.65. The average Bonchev–Trinajstić information content (AvgIpc) is 2.64. The summed E-state index contributed by atoms with van der Waals surface area (Å²) < 4.78 is 14.0. The van der Waals surface area contributed by atoms with Crippen LogP contribution in [0.3, 0.4) is 0 Å². The van der Waals surface area contributed by atoms with Crippen molar-refractivity contribution in [3.63, 3.8) is 0 Å². The van der Waals surface area contributed by atoms with Crippen molar-refractivity contribution >= 4 is 16.8 Å². The largest absolute Gasteiger partial charge is 0.396 e. The van der Waals surface area contributed by atoms with Crippen LogP contribution < -0.4 is 5.43 Å². The number of hydrogen-bond acceptors (Lipinski definition) is 4. The number of H-pyrrole nitrogens is 1. The van der Waals surface area contributed by atoms with Crippen LogP contribution in [-0.2, 0) is 0 Å². The van der Waals surface area contributed by atoms with Crippen LogP contribution in [0.25, 0.3) is 10.9 Å². The quantitative estimate of drug-likeness (QED) is 0.771. The normalized spacial score (nSPS) is 23.4. The molecule has 3 N–H and O–H groups in total. The number of fused-ring (bicyclic) bond motifs is 1. The maximum Gasteiger partial charge on any atom is 0.270 e. The molecule has 0 bridgehead atoms. The second-order valence-corrected chi connectivity index (χ2v) is 7.01. The van der Waals surface area contributed by atoms with E-state index in [4.69, 9.17) is 0 Å². The number of halogens is 1. The van der Waals surface area contributed by atoms with E-state index in [1.165, 1.54) is 29.2 Å². The number of hydrogen-bond donors (Lipinski definition) is 3. The number of para-hydroxylation sites is 1. The molecule has 140 valence electrons. The first-order valence-electron chi connectivity index (χ1n) is 8.81. The number of piperidine rings is 1. The average molecular weight is 362 g/mol. The lowest BCUT2D eigenvalue weighted by atomic mass is 9.74. The molecule has 1 saturated heterocycles. The fourth-order valence-corrected chi connectivity index (χ4v) is 3.82. The van der Waals surface area contributed by atoms with Crippen LogP contribution in [0.15, 0.2) is 29.1 Å². The zero-order valence-electron chi connectivity index (χ0n) is 14.7. The molecule has 0 radical (unpaired) electrons. The smallest absolute Gasteiger partial charge is 0.270 e. The molecule has 3 rings (SSSR count). The molecule has 1 aliphatic rings. The first kappa shape index (κ1) is 18.5. The van der Waals surface area contributed by atoms with Crippen LogP contribution in [-0.4, -0.2) is 51.8 Å². The van der Waals surface area contributed by atoms with Gasteiger partial charge < -0.3 is 20.1 Å². The molecule has 26 heavy (non-hydrogen) atoms. The molecule has 2 atom stereocenters. The number of amides is 1. The van der Waals surface area contributed by atoms with Crippen molar-refractivity contribution in [2.45, 2.75) is 32.3 Å². The molecule has 0 saturated carbocycles. The van der Waals surface area contributed by atoms with Gasteiger partial charge in [0.2, 0.25) is 0 Å². The lowest BCUT2D eigenvalue weighted by molar-refractivity contribution is -0.0721. The van der Waals surface area contributed by atoms with Crippen molar-refractivity contribution in [3.05, 3.63) is 46.0 Å².